The molecule has 1 aliphatic heterocycles. The normalized spacial score (nSPS) is 20.1. The molecular weight excluding hydrogens is 236 g/mol. The number of anilines is 1. The molecule has 1 heterocycles. The number of amides is 1. The molecular formula is C13H17ClN2O. The summed E-state index contributed by atoms with van der Waals surface area (Å²) in [4.78, 5) is 13.8. The van der Waals surface area contributed by atoms with E-state index in [1.807, 2.05) is 30.0 Å². The minimum absolute atomic E-state index is 0.168. The van der Waals surface area contributed by atoms with Crippen molar-refractivity contribution in [2.45, 2.75) is 26.3 Å². The Morgan fingerprint density at radius 3 is 3.00 bits per heavy atom. The Morgan fingerprint density at radius 1 is 1.53 bits per heavy atom. The molecule has 1 atom stereocenters. The van der Waals surface area contributed by atoms with Crippen molar-refractivity contribution in [1.82, 2.24) is 5.32 Å². The zero-order valence-corrected chi connectivity index (χ0v) is 10.9. The number of nitrogens with zero attached hydrogens (tertiary/aromatic N) is 1. The van der Waals surface area contributed by atoms with Crippen molar-refractivity contribution in [2.24, 2.45) is 0 Å². The molecule has 0 spiro atoms. The van der Waals surface area contributed by atoms with Crippen LogP contribution in [-0.2, 0) is 4.79 Å². The summed E-state index contributed by atoms with van der Waals surface area (Å²) in [6, 6.07) is 5.92. The highest BCUT2D eigenvalue weighted by Crippen LogP contribution is 2.28. The molecule has 1 fully saturated rings. The Kier molecular flexibility index (Phi) is 3.69. The first kappa shape index (κ1) is 12.4. The molecule has 1 aromatic rings. The average Bonchev–Trinajstić information content (AvgIpc) is 2.64. The van der Waals surface area contributed by atoms with Crippen LogP contribution in [0.25, 0.3) is 0 Å². The monoisotopic (exact) mass is 252 g/mol. The third-order valence-electron chi connectivity index (χ3n) is 3.08. The largest absolute Gasteiger partial charge is 0.312 e. The van der Waals surface area contributed by atoms with Crippen molar-refractivity contribution < 1.29 is 4.79 Å². The Morgan fingerprint density at radius 2 is 2.29 bits per heavy atom. The van der Waals surface area contributed by atoms with Crippen molar-refractivity contribution in [3.8, 4) is 0 Å². The van der Waals surface area contributed by atoms with Crippen LogP contribution < -0.4 is 10.2 Å². The predicted molar refractivity (Wildman–Crippen MR) is 70.6 cm³/mol. The van der Waals surface area contributed by atoms with Crippen LogP contribution in [0.15, 0.2) is 18.2 Å². The number of rotatable bonds is 3. The smallest absolute Gasteiger partial charge is 0.228 e. The summed E-state index contributed by atoms with van der Waals surface area (Å²) in [6.07, 6.45) is 0.569. The first-order valence-corrected chi connectivity index (χ1v) is 6.29. The van der Waals surface area contributed by atoms with Crippen LogP contribution in [0, 0.1) is 6.92 Å². The van der Waals surface area contributed by atoms with Gasteiger partial charge in [0.05, 0.1) is 0 Å². The van der Waals surface area contributed by atoms with Gasteiger partial charge in [-0.3, -0.25) is 4.79 Å². The van der Waals surface area contributed by atoms with E-state index in [4.69, 9.17) is 11.6 Å². The van der Waals surface area contributed by atoms with Gasteiger partial charge >= 0.3 is 0 Å². The second-order valence-electron chi connectivity index (χ2n) is 4.39. The van der Waals surface area contributed by atoms with Gasteiger partial charge < -0.3 is 10.2 Å². The van der Waals surface area contributed by atoms with E-state index in [-0.39, 0.29) is 11.9 Å². The molecule has 0 aliphatic carbocycles. The van der Waals surface area contributed by atoms with E-state index >= 15 is 0 Å². The Balaban J connectivity index is 2.22. The van der Waals surface area contributed by atoms with Gasteiger partial charge in [0.15, 0.2) is 0 Å². The van der Waals surface area contributed by atoms with Gasteiger partial charge in [-0.1, -0.05) is 24.6 Å². The Bertz CT molecular complexity index is 433. The van der Waals surface area contributed by atoms with Crippen LogP contribution in [0.3, 0.4) is 0 Å². The van der Waals surface area contributed by atoms with Gasteiger partial charge in [-0.25, -0.2) is 0 Å². The standard InChI is InChI=1S/C13H17ClN2O/c1-3-15-11-7-13(17)16(8-11)12-6-10(14)5-4-9(12)2/h4-6,11,15H,3,7-8H2,1-2H3. The van der Waals surface area contributed by atoms with E-state index in [0.29, 0.717) is 11.4 Å². The summed E-state index contributed by atoms with van der Waals surface area (Å²) in [5, 5.41) is 3.98. The van der Waals surface area contributed by atoms with Crippen molar-refractivity contribution in [1.29, 1.82) is 0 Å². The third kappa shape index (κ3) is 2.61. The fourth-order valence-corrected chi connectivity index (χ4v) is 2.41. The number of nitrogens with one attached hydrogen (secondary N) is 1. The first-order chi connectivity index (χ1) is 8.11. The Labute approximate surface area is 107 Å². The second-order valence-corrected chi connectivity index (χ2v) is 4.83. The number of likely N-dealkylation sites (N-methyl/N-ethyl adjacent to an activating group) is 1. The quantitative estimate of drug-likeness (QED) is 0.896. The topological polar surface area (TPSA) is 32.3 Å². The van der Waals surface area contributed by atoms with Gasteiger partial charge in [0.2, 0.25) is 5.91 Å². The predicted octanol–water partition coefficient (Wildman–Crippen LogP) is 2.36. The molecule has 17 heavy (non-hydrogen) atoms. The lowest BCUT2D eigenvalue weighted by Gasteiger charge is -2.19. The molecule has 0 saturated carbocycles. The molecule has 92 valence electrons. The molecule has 1 amide bonds. The third-order valence-corrected chi connectivity index (χ3v) is 3.31. The van der Waals surface area contributed by atoms with Crippen molar-refractivity contribution in [3.63, 3.8) is 0 Å². The van der Waals surface area contributed by atoms with E-state index < -0.39 is 0 Å². The van der Waals surface area contributed by atoms with E-state index in [0.717, 1.165) is 24.3 Å². The highest BCUT2D eigenvalue weighted by atomic mass is 35.5. The maximum atomic E-state index is 12.0. The number of aryl methyl sites for hydroxylation is 1. The number of carbonyl (C=O) groups is 1. The maximum Gasteiger partial charge on any atom is 0.228 e. The summed E-state index contributed by atoms with van der Waals surface area (Å²) in [5.74, 6) is 0.168. The van der Waals surface area contributed by atoms with E-state index in [1.165, 1.54) is 0 Å². The molecule has 2 rings (SSSR count). The Hall–Kier alpha value is -1.06. The van der Waals surface area contributed by atoms with Gasteiger partial charge in [-0.2, -0.15) is 0 Å². The number of hydrogen-bond acceptors (Lipinski definition) is 2. The van der Waals surface area contributed by atoms with Crippen LogP contribution in [-0.4, -0.2) is 25.0 Å². The molecule has 0 bridgehead atoms. The number of benzene rings is 1. The SMILES string of the molecule is CCNC1CC(=O)N(c2cc(Cl)ccc2C)C1. The van der Waals surface area contributed by atoms with Gasteiger partial charge in [-0.15, -0.1) is 0 Å². The van der Waals surface area contributed by atoms with E-state index in [9.17, 15) is 4.79 Å². The molecule has 3 nitrogen and oxygen atoms in total. The zero-order chi connectivity index (χ0) is 12.4. The lowest BCUT2D eigenvalue weighted by molar-refractivity contribution is -0.117. The summed E-state index contributed by atoms with van der Waals surface area (Å²) in [7, 11) is 0. The highest BCUT2D eigenvalue weighted by molar-refractivity contribution is 6.31. The van der Waals surface area contributed by atoms with E-state index in [1.54, 1.807) is 0 Å². The molecule has 0 aromatic heterocycles. The maximum absolute atomic E-state index is 12.0. The number of carbonyl (C=O) groups excluding carboxylic acids is 1. The van der Waals surface area contributed by atoms with Crippen LogP contribution >= 0.6 is 11.6 Å². The molecule has 1 aliphatic rings. The van der Waals surface area contributed by atoms with Crippen LogP contribution in [0.5, 0.6) is 0 Å². The fraction of sp³-hybridized carbons (Fsp3) is 0.462. The van der Waals surface area contributed by atoms with Crippen LogP contribution in [0.4, 0.5) is 5.69 Å². The van der Waals surface area contributed by atoms with Crippen molar-refractivity contribution in [3.05, 3.63) is 28.8 Å². The molecule has 0 radical (unpaired) electrons. The van der Waals surface area contributed by atoms with Gasteiger partial charge in [0.25, 0.3) is 0 Å². The van der Waals surface area contributed by atoms with Crippen molar-refractivity contribution >= 4 is 23.2 Å². The number of hydrogen-bond donors (Lipinski definition) is 1. The number of halogens is 1. The van der Waals surface area contributed by atoms with E-state index in [2.05, 4.69) is 12.2 Å². The molecule has 1 N–H and O–H groups in total. The summed E-state index contributed by atoms with van der Waals surface area (Å²) in [6.45, 7) is 5.67. The summed E-state index contributed by atoms with van der Waals surface area (Å²) < 4.78 is 0. The average molecular weight is 253 g/mol. The first-order valence-electron chi connectivity index (χ1n) is 5.91. The summed E-state index contributed by atoms with van der Waals surface area (Å²) in [5.41, 5.74) is 2.02. The van der Waals surface area contributed by atoms with Gasteiger partial charge in [0.1, 0.15) is 0 Å². The molecule has 1 aromatic carbocycles. The lowest BCUT2D eigenvalue weighted by Crippen LogP contribution is -2.32. The van der Waals surface area contributed by atoms with Crippen LogP contribution in [0.2, 0.25) is 5.02 Å². The minimum Gasteiger partial charge on any atom is -0.312 e. The lowest BCUT2D eigenvalue weighted by atomic mass is 10.2. The van der Waals surface area contributed by atoms with Crippen molar-refractivity contribution in [2.75, 3.05) is 18.0 Å². The summed E-state index contributed by atoms with van der Waals surface area (Å²) >= 11 is 5.99. The highest BCUT2D eigenvalue weighted by Gasteiger charge is 2.30. The van der Waals surface area contributed by atoms with Gasteiger partial charge in [0, 0.05) is 29.7 Å². The van der Waals surface area contributed by atoms with Gasteiger partial charge in [-0.05, 0) is 31.2 Å². The fourth-order valence-electron chi connectivity index (χ4n) is 2.24. The minimum atomic E-state index is 0.168. The molecule has 1 saturated heterocycles. The van der Waals surface area contributed by atoms with Crippen LogP contribution in [0.1, 0.15) is 18.9 Å². The second kappa shape index (κ2) is 5.07. The molecule has 1 unspecified atom stereocenters. The molecule has 4 heteroatoms. The zero-order valence-electron chi connectivity index (χ0n) is 10.2.